The second kappa shape index (κ2) is 4.34. The van der Waals surface area contributed by atoms with Gasteiger partial charge in [0.25, 0.3) is 0 Å². The number of aliphatic carboxylic acids is 1. The smallest absolute Gasteiger partial charge is 0.104 e. The number of carbonyl (C=O) groups is 1. The molecule has 0 N–H and O–H groups in total. The maximum absolute atomic E-state index is 11.3. The number of carbonyl (C=O) groups excluding carboxylic acids is 1. The minimum Gasteiger partial charge on any atom is -0.549 e. The molecule has 3 nitrogen and oxygen atoms in total. The zero-order chi connectivity index (χ0) is 12.5. The van der Waals surface area contributed by atoms with Crippen LogP contribution in [0, 0.1) is 5.92 Å². The van der Waals surface area contributed by atoms with Gasteiger partial charge in [-0.25, -0.2) is 0 Å². The van der Waals surface area contributed by atoms with Crippen LogP contribution in [-0.4, -0.2) is 13.1 Å². The second-order valence-electron chi connectivity index (χ2n) is 4.19. The highest BCUT2D eigenvalue weighted by molar-refractivity contribution is 5.77. The van der Waals surface area contributed by atoms with E-state index in [0.29, 0.717) is 6.42 Å². The van der Waals surface area contributed by atoms with Gasteiger partial charge in [0.15, 0.2) is 0 Å². The molecule has 0 aliphatic heterocycles. The fraction of sp³-hybridized carbons (Fsp3) is 0.357. The second-order valence-corrected chi connectivity index (χ2v) is 4.19. The van der Waals surface area contributed by atoms with Crippen LogP contribution in [0.15, 0.2) is 30.3 Å². The minimum atomic E-state index is -1.10. The average molecular weight is 231 g/mol. The van der Waals surface area contributed by atoms with Gasteiger partial charge in [0.1, 0.15) is 5.60 Å². The van der Waals surface area contributed by atoms with E-state index < -0.39 is 17.5 Å². The first-order valence-electron chi connectivity index (χ1n) is 5.69. The molecule has 0 bridgehead atoms. The summed E-state index contributed by atoms with van der Waals surface area (Å²) in [4.78, 5) is 11.3. The van der Waals surface area contributed by atoms with Crippen molar-refractivity contribution in [2.24, 2.45) is 5.92 Å². The number of methoxy groups -OCH3 is 1. The van der Waals surface area contributed by atoms with Gasteiger partial charge in [0.05, 0.1) is 11.9 Å². The fourth-order valence-corrected chi connectivity index (χ4v) is 2.61. The lowest BCUT2D eigenvalue weighted by molar-refractivity contribution is -0.316. The molecule has 2 unspecified atom stereocenters. The van der Waals surface area contributed by atoms with E-state index in [9.17, 15) is 9.90 Å². The van der Waals surface area contributed by atoms with Crippen molar-refractivity contribution in [1.82, 2.24) is 0 Å². The minimum absolute atomic E-state index is 0.587. The molecule has 0 heterocycles. The lowest BCUT2D eigenvalue weighted by atomic mass is 9.73. The van der Waals surface area contributed by atoms with Crippen LogP contribution in [0.3, 0.4) is 0 Å². The molecule has 90 valence electrons. The van der Waals surface area contributed by atoms with Crippen LogP contribution < -0.4 is 5.11 Å². The van der Waals surface area contributed by atoms with Gasteiger partial charge in [0.2, 0.25) is 0 Å². The van der Waals surface area contributed by atoms with Gasteiger partial charge in [-0.15, -0.1) is 0 Å². The van der Waals surface area contributed by atoms with E-state index in [0.717, 1.165) is 11.1 Å². The molecular formula is C14H15O3-. The SMILES string of the molecule is CCC1(OC)c2ccccc2C=CC1C(=O)[O-]. The Balaban J connectivity index is 2.63. The van der Waals surface area contributed by atoms with Crippen molar-refractivity contribution in [2.45, 2.75) is 18.9 Å². The third-order valence-corrected chi connectivity index (χ3v) is 3.53. The number of carboxylic acid groups (broad SMARTS) is 1. The van der Waals surface area contributed by atoms with Crippen molar-refractivity contribution in [2.75, 3.05) is 7.11 Å². The molecule has 0 fully saturated rings. The molecule has 1 aromatic rings. The highest BCUT2D eigenvalue weighted by atomic mass is 16.5. The van der Waals surface area contributed by atoms with Crippen molar-refractivity contribution in [3.63, 3.8) is 0 Å². The Bertz CT molecular complexity index is 458. The first-order valence-corrected chi connectivity index (χ1v) is 5.69. The average Bonchev–Trinajstić information content (AvgIpc) is 2.37. The van der Waals surface area contributed by atoms with Crippen LogP contribution in [0.25, 0.3) is 6.08 Å². The Morgan fingerprint density at radius 1 is 1.47 bits per heavy atom. The monoisotopic (exact) mass is 231 g/mol. The van der Waals surface area contributed by atoms with E-state index in [-0.39, 0.29) is 0 Å². The van der Waals surface area contributed by atoms with Gasteiger partial charge in [-0.05, 0) is 17.5 Å². The van der Waals surface area contributed by atoms with Gasteiger partial charge in [-0.3, -0.25) is 0 Å². The molecular weight excluding hydrogens is 216 g/mol. The predicted molar refractivity (Wildman–Crippen MR) is 63.0 cm³/mol. The standard InChI is InChI=1S/C14H16O3/c1-3-14(17-2)11-7-5-4-6-10(11)8-9-12(14)13(15)16/h4-9,12H,3H2,1-2H3,(H,15,16)/p-1. The summed E-state index contributed by atoms with van der Waals surface area (Å²) in [6.45, 7) is 1.93. The quantitative estimate of drug-likeness (QED) is 0.788. The number of ether oxygens (including phenoxy) is 1. The number of carboxylic acids is 1. The van der Waals surface area contributed by atoms with E-state index in [2.05, 4.69) is 0 Å². The van der Waals surface area contributed by atoms with Crippen molar-refractivity contribution in [3.05, 3.63) is 41.5 Å². The molecule has 0 spiro atoms. The first-order chi connectivity index (χ1) is 8.15. The third-order valence-electron chi connectivity index (χ3n) is 3.53. The normalized spacial score (nSPS) is 26.6. The Hall–Kier alpha value is -1.61. The lowest BCUT2D eigenvalue weighted by Crippen LogP contribution is -2.47. The van der Waals surface area contributed by atoms with Crippen LogP contribution in [0.1, 0.15) is 24.5 Å². The summed E-state index contributed by atoms with van der Waals surface area (Å²) in [5.74, 6) is -1.84. The summed E-state index contributed by atoms with van der Waals surface area (Å²) < 4.78 is 5.56. The number of hydrogen-bond acceptors (Lipinski definition) is 3. The Kier molecular flexibility index (Phi) is 3.03. The number of fused-ring (bicyclic) bond motifs is 1. The molecule has 0 aromatic heterocycles. The molecule has 0 saturated carbocycles. The van der Waals surface area contributed by atoms with E-state index in [1.54, 1.807) is 13.2 Å². The molecule has 1 aliphatic carbocycles. The van der Waals surface area contributed by atoms with E-state index in [4.69, 9.17) is 4.74 Å². The summed E-state index contributed by atoms with van der Waals surface area (Å²) in [6.07, 6.45) is 4.07. The topological polar surface area (TPSA) is 49.4 Å². The summed E-state index contributed by atoms with van der Waals surface area (Å²) in [7, 11) is 1.55. The molecule has 0 saturated heterocycles. The summed E-state index contributed by atoms with van der Waals surface area (Å²) in [5.41, 5.74) is 1.11. The van der Waals surface area contributed by atoms with Gasteiger partial charge in [0, 0.05) is 7.11 Å². The lowest BCUT2D eigenvalue weighted by Gasteiger charge is -2.41. The number of benzene rings is 1. The van der Waals surface area contributed by atoms with Crippen LogP contribution >= 0.6 is 0 Å². The third kappa shape index (κ3) is 1.67. The van der Waals surface area contributed by atoms with Gasteiger partial charge < -0.3 is 14.6 Å². The molecule has 0 amide bonds. The molecule has 2 atom stereocenters. The number of hydrogen-bond donors (Lipinski definition) is 0. The van der Waals surface area contributed by atoms with Gasteiger partial charge >= 0.3 is 0 Å². The maximum Gasteiger partial charge on any atom is 0.104 e. The summed E-state index contributed by atoms with van der Waals surface area (Å²) in [6, 6.07) is 7.70. The Morgan fingerprint density at radius 3 is 2.76 bits per heavy atom. The summed E-state index contributed by atoms with van der Waals surface area (Å²) in [5, 5.41) is 11.3. The highest BCUT2D eigenvalue weighted by Gasteiger charge is 2.41. The molecule has 3 heteroatoms. The summed E-state index contributed by atoms with van der Waals surface area (Å²) >= 11 is 0. The Labute approximate surface area is 101 Å². The van der Waals surface area contributed by atoms with E-state index in [1.165, 1.54) is 0 Å². The molecule has 2 rings (SSSR count). The molecule has 1 aromatic carbocycles. The highest BCUT2D eigenvalue weighted by Crippen LogP contribution is 2.42. The van der Waals surface area contributed by atoms with Gasteiger partial charge in [-0.2, -0.15) is 0 Å². The Morgan fingerprint density at radius 2 is 2.18 bits per heavy atom. The predicted octanol–water partition coefficient (Wildman–Crippen LogP) is 1.33. The molecule has 17 heavy (non-hydrogen) atoms. The zero-order valence-corrected chi connectivity index (χ0v) is 9.97. The number of rotatable bonds is 3. The van der Waals surface area contributed by atoms with Crippen LogP contribution in [0.2, 0.25) is 0 Å². The van der Waals surface area contributed by atoms with Crippen molar-refractivity contribution < 1.29 is 14.6 Å². The largest absolute Gasteiger partial charge is 0.549 e. The van der Waals surface area contributed by atoms with E-state index in [1.807, 2.05) is 37.3 Å². The fourth-order valence-electron chi connectivity index (χ4n) is 2.61. The van der Waals surface area contributed by atoms with Crippen LogP contribution in [0.4, 0.5) is 0 Å². The maximum atomic E-state index is 11.3. The van der Waals surface area contributed by atoms with Crippen LogP contribution in [0.5, 0.6) is 0 Å². The first kappa shape index (κ1) is 11.9. The zero-order valence-electron chi connectivity index (χ0n) is 9.97. The van der Waals surface area contributed by atoms with Crippen molar-refractivity contribution >= 4 is 12.0 Å². The van der Waals surface area contributed by atoms with E-state index >= 15 is 0 Å². The molecule has 0 radical (unpaired) electrons. The van der Waals surface area contributed by atoms with Crippen molar-refractivity contribution in [1.29, 1.82) is 0 Å². The van der Waals surface area contributed by atoms with Gasteiger partial charge in [-0.1, -0.05) is 43.3 Å². The van der Waals surface area contributed by atoms with Crippen LogP contribution in [-0.2, 0) is 15.1 Å². The van der Waals surface area contributed by atoms with Crippen molar-refractivity contribution in [3.8, 4) is 0 Å². The molecule has 1 aliphatic rings.